The van der Waals surface area contributed by atoms with Crippen LogP contribution in [0.2, 0.25) is 0 Å². The summed E-state index contributed by atoms with van der Waals surface area (Å²) in [5.41, 5.74) is 0. The summed E-state index contributed by atoms with van der Waals surface area (Å²) in [6.45, 7) is 8.24. The quantitative estimate of drug-likeness (QED) is 0.680. The maximum Gasteiger partial charge on any atom is 0.220 e. The minimum absolute atomic E-state index is 0.190. The minimum Gasteiger partial charge on any atom is -0.352 e. The summed E-state index contributed by atoms with van der Waals surface area (Å²) in [6, 6.07) is 0.339. The van der Waals surface area contributed by atoms with Gasteiger partial charge in [0.15, 0.2) is 0 Å². The van der Waals surface area contributed by atoms with Crippen LogP contribution < -0.4 is 10.6 Å². The minimum atomic E-state index is 0.190. The van der Waals surface area contributed by atoms with Gasteiger partial charge in [0.1, 0.15) is 0 Å². The SMILES string of the molecule is CC(C)CC(=O)NC1CNCC1C. The fraction of sp³-hybridized carbons (Fsp3) is 0.900. The summed E-state index contributed by atoms with van der Waals surface area (Å²) in [4.78, 5) is 11.4. The highest BCUT2D eigenvalue weighted by Crippen LogP contribution is 2.08. The van der Waals surface area contributed by atoms with Crippen molar-refractivity contribution >= 4 is 5.91 Å². The lowest BCUT2D eigenvalue weighted by molar-refractivity contribution is -0.122. The van der Waals surface area contributed by atoms with Crippen molar-refractivity contribution in [1.29, 1.82) is 0 Å². The molecule has 1 amide bonds. The van der Waals surface area contributed by atoms with Crippen LogP contribution in [0.5, 0.6) is 0 Å². The Morgan fingerprint density at radius 3 is 2.69 bits per heavy atom. The topological polar surface area (TPSA) is 41.1 Å². The molecule has 2 unspecified atom stereocenters. The highest BCUT2D eigenvalue weighted by atomic mass is 16.1. The third-order valence-corrected chi connectivity index (χ3v) is 2.46. The van der Waals surface area contributed by atoms with Gasteiger partial charge in [-0.15, -0.1) is 0 Å². The number of hydrogen-bond acceptors (Lipinski definition) is 2. The molecule has 0 aromatic rings. The van der Waals surface area contributed by atoms with E-state index in [1.165, 1.54) is 0 Å². The average molecular weight is 184 g/mol. The Labute approximate surface area is 80.3 Å². The second-order valence-corrected chi connectivity index (χ2v) is 4.41. The maximum absolute atomic E-state index is 11.4. The molecule has 0 spiro atoms. The summed E-state index contributed by atoms with van der Waals surface area (Å²) >= 11 is 0. The highest BCUT2D eigenvalue weighted by Gasteiger charge is 2.24. The van der Waals surface area contributed by atoms with Gasteiger partial charge < -0.3 is 10.6 Å². The fourth-order valence-corrected chi connectivity index (χ4v) is 1.64. The molecular weight excluding hydrogens is 164 g/mol. The van der Waals surface area contributed by atoms with Gasteiger partial charge >= 0.3 is 0 Å². The van der Waals surface area contributed by atoms with E-state index in [4.69, 9.17) is 0 Å². The van der Waals surface area contributed by atoms with Gasteiger partial charge in [0.25, 0.3) is 0 Å². The third kappa shape index (κ3) is 3.35. The van der Waals surface area contributed by atoms with E-state index in [1.54, 1.807) is 0 Å². The van der Waals surface area contributed by atoms with Crippen LogP contribution in [0, 0.1) is 11.8 Å². The van der Waals surface area contributed by atoms with Crippen molar-refractivity contribution in [2.75, 3.05) is 13.1 Å². The summed E-state index contributed by atoms with van der Waals surface area (Å²) in [5, 5.41) is 6.32. The molecule has 1 aliphatic heterocycles. The lowest BCUT2D eigenvalue weighted by atomic mass is 10.1. The van der Waals surface area contributed by atoms with Crippen molar-refractivity contribution in [3.63, 3.8) is 0 Å². The zero-order valence-corrected chi connectivity index (χ0v) is 8.76. The highest BCUT2D eigenvalue weighted by molar-refractivity contribution is 5.76. The van der Waals surface area contributed by atoms with Crippen molar-refractivity contribution < 1.29 is 4.79 Å². The van der Waals surface area contributed by atoms with Crippen molar-refractivity contribution in [3.8, 4) is 0 Å². The molecule has 1 rings (SSSR count). The van der Waals surface area contributed by atoms with E-state index in [1.807, 2.05) is 0 Å². The van der Waals surface area contributed by atoms with E-state index in [-0.39, 0.29) is 5.91 Å². The van der Waals surface area contributed by atoms with Crippen LogP contribution in [-0.2, 0) is 4.79 Å². The van der Waals surface area contributed by atoms with Crippen molar-refractivity contribution in [3.05, 3.63) is 0 Å². The van der Waals surface area contributed by atoms with Gasteiger partial charge in [-0.25, -0.2) is 0 Å². The van der Waals surface area contributed by atoms with E-state index in [9.17, 15) is 4.79 Å². The first kappa shape index (κ1) is 10.5. The molecule has 0 radical (unpaired) electrons. The molecule has 0 bridgehead atoms. The van der Waals surface area contributed by atoms with Gasteiger partial charge in [-0.1, -0.05) is 20.8 Å². The molecule has 0 aromatic carbocycles. The van der Waals surface area contributed by atoms with Crippen molar-refractivity contribution in [1.82, 2.24) is 10.6 Å². The average Bonchev–Trinajstić information content (AvgIpc) is 2.34. The molecule has 76 valence electrons. The molecular formula is C10H20N2O. The molecule has 2 N–H and O–H groups in total. The van der Waals surface area contributed by atoms with Gasteiger partial charge in [-0.3, -0.25) is 4.79 Å². The van der Waals surface area contributed by atoms with Gasteiger partial charge in [-0.2, -0.15) is 0 Å². The monoisotopic (exact) mass is 184 g/mol. The summed E-state index contributed by atoms with van der Waals surface area (Å²) in [6.07, 6.45) is 0.642. The van der Waals surface area contributed by atoms with Crippen LogP contribution in [0.25, 0.3) is 0 Å². The normalized spacial score (nSPS) is 28.0. The Balaban J connectivity index is 2.27. The van der Waals surface area contributed by atoms with Crippen LogP contribution >= 0.6 is 0 Å². The second kappa shape index (κ2) is 4.61. The van der Waals surface area contributed by atoms with Gasteiger partial charge in [0.05, 0.1) is 0 Å². The fourth-order valence-electron chi connectivity index (χ4n) is 1.64. The molecule has 2 atom stereocenters. The summed E-state index contributed by atoms with van der Waals surface area (Å²) in [5.74, 6) is 1.20. The van der Waals surface area contributed by atoms with Crippen molar-refractivity contribution in [2.24, 2.45) is 11.8 Å². The Bertz CT molecular complexity index is 180. The lowest BCUT2D eigenvalue weighted by Crippen LogP contribution is -2.39. The smallest absolute Gasteiger partial charge is 0.220 e. The van der Waals surface area contributed by atoms with Crippen LogP contribution in [0.3, 0.4) is 0 Å². The number of carbonyl (C=O) groups excluding carboxylic acids is 1. The zero-order valence-electron chi connectivity index (χ0n) is 8.76. The van der Waals surface area contributed by atoms with Gasteiger partial charge in [0.2, 0.25) is 5.91 Å². The predicted molar refractivity (Wildman–Crippen MR) is 53.4 cm³/mol. The first-order valence-corrected chi connectivity index (χ1v) is 5.09. The Hall–Kier alpha value is -0.570. The third-order valence-electron chi connectivity index (χ3n) is 2.46. The van der Waals surface area contributed by atoms with E-state index in [2.05, 4.69) is 31.4 Å². The molecule has 13 heavy (non-hydrogen) atoms. The summed E-state index contributed by atoms with van der Waals surface area (Å²) in [7, 11) is 0. The van der Waals surface area contributed by atoms with Gasteiger partial charge in [0, 0.05) is 19.0 Å². The van der Waals surface area contributed by atoms with E-state index < -0.39 is 0 Å². The maximum atomic E-state index is 11.4. The van der Waals surface area contributed by atoms with Gasteiger partial charge in [-0.05, 0) is 18.4 Å². The molecule has 1 fully saturated rings. The largest absolute Gasteiger partial charge is 0.352 e. The zero-order chi connectivity index (χ0) is 9.84. The van der Waals surface area contributed by atoms with Crippen LogP contribution in [-0.4, -0.2) is 25.0 Å². The lowest BCUT2D eigenvalue weighted by Gasteiger charge is -2.16. The molecule has 1 heterocycles. The standard InChI is InChI=1S/C10H20N2O/c1-7(2)4-10(13)12-9-6-11-5-8(9)3/h7-9,11H,4-6H2,1-3H3,(H,12,13). The molecule has 1 saturated heterocycles. The number of amides is 1. The first-order chi connectivity index (χ1) is 6.09. The first-order valence-electron chi connectivity index (χ1n) is 5.09. The molecule has 0 aromatic heterocycles. The van der Waals surface area contributed by atoms with E-state index in [0.717, 1.165) is 13.1 Å². The Morgan fingerprint density at radius 1 is 1.54 bits per heavy atom. The number of nitrogens with one attached hydrogen (secondary N) is 2. The Kier molecular flexibility index (Phi) is 3.72. The molecule has 0 aliphatic carbocycles. The van der Waals surface area contributed by atoms with Crippen LogP contribution in [0.1, 0.15) is 27.2 Å². The van der Waals surface area contributed by atoms with E-state index >= 15 is 0 Å². The molecule has 3 nitrogen and oxygen atoms in total. The molecule has 1 aliphatic rings. The Morgan fingerprint density at radius 2 is 2.23 bits per heavy atom. The summed E-state index contributed by atoms with van der Waals surface area (Å²) < 4.78 is 0. The molecule has 0 saturated carbocycles. The number of carbonyl (C=O) groups is 1. The predicted octanol–water partition coefficient (Wildman–Crippen LogP) is 0.757. The molecule has 3 heteroatoms. The number of hydrogen-bond donors (Lipinski definition) is 2. The number of rotatable bonds is 3. The second-order valence-electron chi connectivity index (χ2n) is 4.41. The van der Waals surface area contributed by atoms with E-state index in [0.29, 0.717) is 24.3 Å². The van der Waals surface area contributed by atoms with Crippen LogP contribution in [0.4, 0.5) is 0 Å². The van der Waals surface area contributed by atoms with Crippen LogP contribution in [0.15, 0.2) is 0 Å². The van der Waals surface area contributed by atoms with Crippen molar-refractivity contribution in [2.45, 2.75) is 33.2 Å².